The molecular formula is C9H9BrN4O2S. The highest BCUT2D eigenvalue weighted by molar-refractivity contribution is 9.10. The normalized spacial score (nSPS) is 11.4. The van der Waals surface area contributed by atoms with Crippen LogP contribution in [0, 0.1) is 0 Å². The molecule has 0 aliphatic rings. The third-order valence-electron chi connectivity index (χ3n) is 1.93. The highest BCUT2D eigenvalue weighted by Gasteiger charge is 2.07. The second kappa shape index (κ2) is 4.84. The average Bonchev–Trinajstić information content (AvgIpc) is 2.83. The average molecular weight is 317 g/mol. The van der Waals surface area contributed by atoms with Crippen molar-refractivity contribution in [2.45, 2.75) is 0 Å². The molecule has 1 aromatic carbocycles. The summed E-state index contributed by atoms with van der Waals surface area (Å²) in [5, 5.41) is 7.93. The Bertz CT molecular complexity index is 580. The van der Waals surface area contributed by atoms with Crippen LogP contribution in [-0.4, -0.2) is 28.1 Å². The number of nitrogens with one attached hydrogen (secondary N) is 1. The predicted molar refractivity (Wildman–Crippen MR) is 67.7 cm³/mol. The maximum Gasteiger partial charge on any atom is 0.242 e. The number of hydrogen-bond acceptors (Lipinski definition) is 4. The molecule has 0 radical (unpaired) electrons. The zero-order valence-corrected chi connectivity index (χ0v) is 11.0. The Hall–Kier alpha value is -1.41. The van der Waals surface area contributed by atoms with Gasteiger partial charge in [-0.25, -0.2) is 8.42 Å². The molecule has 0 fully saturated rings. The number of halogens is 1. The van der Waals surface area contributed by atoms with Gasteiger partial charge in [0.2, 0.25) is 10.0 Å². The van der Waals surface area contributed by atoms with Crippen LogP contribution in [-0.2, 0) is 10.0 Å². The molecule has 6 nitrogen and oxygen atoms in total. The van der Waals surface area contributed by atoms with Crippen molar-refractivity contribution in [3.8, 4) is 5.69 Å². The minimum absolute atomic E-state index is 0.136. The van der Waals surface area contributed by atoms with Gasteiger partial charge in [0.05, 0.1) is 18.1 Å². The van der Waals surface area contributed by atoms with Crippen molar-refractivity contribution in [2.24, 2.45) is 0 Å². The summed E-state index contributed by atoms with van der Waals surface area (Å²) in [5.74, 6) is 0. The van der Waals surface area contributed by atoms with Gasteiger partial charge in [0.25, 0.3) is 0 Å². The molecule has 0 spiro atoms. The molecule has 17 heavy (non-hydrogen) atoms. The van der Waals surface area contributed by atoms with Gasteiger partial charge in [0, 0.05) is 5.69 Å². The lowest BCUT2D eigenvalue weighted by Crippen LogP contribution is -2.13. The molecule has 0 bridgehead atoms. The summed E-state index contributed by atoms with van der Waals surface area (Å²) < 4.78 is 24.9. The van der Waals surface area contributed by atoms with Crippen LogP contribution in [0.15, 0.2) is 36.7 Å². The van der Waals surface area contributed by atoms with Gasteiger partial charge in [-0.1, -0.05) is 15.9 Å². The smallest absolute Gasteiger partial charge is 0.242 e. The molecule has 0 aliphatic carbocycles. The molecule has 1 N–H and O–H groups in total. The van der Waals surface area contributed by atoms with E-state index in [9.17, 15) is 8.42 Å². The van der Waals surface area contributed by atoms with E-state index >= 15 is 0 Å². The van der Waals surface area contributed by atoms with Crippen LogP contribution in [0.25, 0.3) is 5.69 Å². The van der Waals surface area contributed by atoms with Crippen molar-refractivity contribution < 1.29 is 8.42 Å². The predicted octanol–water partition coefficient (Wildman–Crippen LogP) is 1.36. The number of nitrogens with zero attached hydrogens (tertiary/aromatic N) is 3. The fourth-order valence-corrected chi connectivity index (χ4v) is 2.11. The van der Waals surface area contributed by atoms with Gasteiger partial charge in [-0.15, -0.1) is 0 Å². The van der Waals surface area contributed by atoms with Gasteiger partial charge in [-0.3, -0.25) is 4.72 Å². The van der Waals surface area contributed by atoms with Crippen LogP contribution in [0.1, 0.15) is 0 Å². The van der Waals surface area contributed by atoms with Crippen molar-refractivity contribution in [3.05, 3.63) is 36.7 Å². The highest BCUT2D eigenvalue weighted by atomic mass is 79.9. The monoisotopic (exact) mass is 316 g/mol. The minimum Gasteiger partial charge on any atom is -0.283 e. The van der Waals surface area contributed by atoms with E-state index in [1.807, 2.05) is 0 Å². The van der Waals surface area contributed by atoms with Crippen molar-refractivity contribution in [1.29, 1.82) is 0 Å². The van der Waals surface area contributed by atoms with Crippen molar-refractivity contribution in [2.75, 3.05) is 9.38 Å². The van der Waals surface area contributed by atoms with Gasteiger partial charge < -0.3 is 0 Å². The minimum atomic E-state index is -3.31. The fourth-order valence-electron chi connectivity index (χ4n) is 1.22. The lowest BCUT2D eigenvalue weighted by Gasteiger charge is -2.06. The molecular weight excluding hydrogens is 308 g/mol. The first kappa shape index (κ1) is 12.1. The first-order valence-corrected chi connectivity index (χ1v) is 7.41. The zero-order valence-electron chi connectivity index (χ0n) is 8.62. The highest BCUT2D eigenvalue weighted by Crippen LogP contribution is 2.13. The lowest BCUT2D eigenvalue weighted by atomic mass is 10.3. The third-order valence-corrected chi connectivity index (χ3v) is 4.58. The van der Waals surface area contributed by atoms with E-state index in [1.54, 1.807) is 36.7 Å². The number of sulfonamides is 1. The second-order valence-corrected chi connectivity index (χ2v) is 6.22. The van der Waals surface area contributed by atoms with Crippen molar-refractivity contribution in [3.63, 3.8) is 0 Å². The van der Waals surface area contributed by atoms with Gasteiger partial charge in [-0.05, 0) is 24.3 Å². The Morgan fingerprint density at radius 2 is 1.76 bits per heavy atom. The quantitative estimate of drug-likeness (QED) is 0.864. The molecule has 0 unspecified atom stereocenters. The van der Waals surface area contributed by atoms with E-state index < -0.39 is 10.0 Å². The molecule has 0 aliphatic heterocycles. The van der Waals surface area contributed by atoms with Crippen molar-refractivity contribution in [1.82, 2.24) is 15.0 Å². The van der Waals surface area contributed by atoms with Crippen LogP contribution in [0.5, 0.6) is 0 Å². The van der Waals surface area contributed by atoms with E-state index in [0.29, 0.717) is 5.69 Å². The number of rotatable bonds is 4. The van der Waals surface area contributed by atoms with Gasteiger partial charge in [0.1, 0.15) is 4.66 Å². The molecule has 2 rings (SSSR count). The van der Waals surface area contributed by atoms with E-state index in [4.69, 9.17) is 0 Å². The standard InChI is InChI=1S/C9H9BrN4O2S/c10-7-17(15,16)13-8-1-3-9(4-2-8)14-11-5-6-12-14/h1-6,13H,7H2. The first-order valence-electron chi connectivity index (χ1n) is 4.64. The van der Waals surface area contributed by atoms with E-state index in [-0.39, 0.29) is 4.66 Å². The molecule has 0 saturated heterocycles. The Morgan fingerprint density at radius 1 is 1.18 bits per heavy atom. The maximum absolute atomic E-state index is 11.3. The maximum atomic E-state index is 11.3. The van der Waals surface area contributed by atoms with Crippen LogP contribution in [0.4, 0.5) is 5.69 Å². The number of alkyl halides is 1. The summed E-state index contributed by atoms with van der Waals surface area (Å²) in [5.41, 5.74) is 1.26. The molecule has 1 aromatic heterocycles. The van der Waals surface area contributed by atoms with Crippen molar-refractivity contribution >= 4 is 31.6 Å². The van der Waals surface area contributed by atoms with Crippen LogP contribution >= 0.6 is 15.9 Å². The second-order valence-electron chi connectivity index (χ2n) is 3.19. The van der Waals surface area contributed by atoms with E-state index in [1.165, 1.54) is 4.80 Å². The summed E-state index contributed by atoms with van der Waals surface area (Å²) in [6.07, 6.45) is 3.14. The first-order chi connectivity index (χ1) is 8.11. The number of benzene rings is 1. The van der Waals surface area contributed by atoms with E-state index in [2.05, 4.69) is 30.8 Å². The summed E-state index contributed by atoms with van der Waals surface area (Å²) in [7, 11) is -3.31. The molecule has 90 valence electrons. The van der Waals surface area contributed by atoms with Gasteiger partial charge in [0.15, 0.2) is 0 Å². The zero-order chi connectivity index (χ0) is 12.3. The number of hydrogen-bond donors (Lipinski definition) is 1. The van der Waals surface area contributed by atoms with Gasteiger partial charge >= 0.3 is 0 Å². The Kier molecular flexibility index (Phi) is 3.43. The molecule has 0 saturated carbocycles. The number of anilines is 1. The van der Waals surface area contributed by atoms with Crippen LogP contribution < -0.4 is 4.72 Å². The topological polar surface area (TPSA) is 76.9 Å². The SMILES string of the molecule is O=S(=O)(CBr)Nc1ccc(-n2nccn2)cc1. The Morgan fingerprint density at radius 3 is 2.29 bits per heavy atom. The van der Waals surface area contributed by atoms with E-state index in [0.717, 1.165) is 5.69 Å². The molecule has 8 heteroatoms. The summed E-state index contributed by atoms with van der Waals surface area (Å²) in [4.78, 5) is 1.45. The Labute approximate surface area is 107 Å². The molecule has 0 atom stereocenters. The molecule has 1 heterocycles. The molecule has 0 amide bonds. The largest absolute Gasteiger partial charge is 0.283 e. The summed E-state index contributed by atoms with van der Waals surface area (Å²) in [6, 6.07) is 6.76. The van der Waals surface area contributed by atoms with Crippen LogP contribution in [0.2, 0.25) is 0 Å². The number of aromatic nitrogens is 3. The fraction of sp³-hybridized carbons (Fsp3) is 0.111. The summed E-state index contributed by atoms with van der Waals surface area (Å²) >= 11 is 2.90. The lowest BCUT2D eigenvalue weighted by molar-refractivity contribution is 0.606. The van der Waals surface area contributed by atoms with Crippen LogP contribution in [0.3, 0.4) is 0 Å². The van der Waals surface area contributed by atoms with Gasteiger partial charge in [-0.2, -0.15) is 15.0 Å². The molecule has 2 aromatic rings. The third kappa shape index (κ3) is 3.04. The summed E-state index contributed by atoms with van der Waals surface area (Å²) in [6.45, 7) is 0. The Balaban J connectivity index is 2.19.